The van der Waals surface area contributed by atoms with Crippen LogP contribution in [0.1, 0.15) is 62.0 Å². The van der Waals surface area contributed by atoms with E-state index in [1.165, 1.54) is 0 Å². The van der Waals surface area contributed by atoms with Gasteiger partial charge >= 0.3 is 0 Å². The number of phenolic OH excluding ortho intramolecular Hbond substituents is 2. The largest absolute Gasteiger partial charge is 0.507 e. The Morgan fingerprint density at radius 3 is 2.41 bits per heavy atom. The van der Waals surface area contributed by atoms with E-state index in [2.05, 4.69) is 6.92 Å². The molecule has 0 amide bonds. The van der Waals surface area contributed by atoms with Gasteiger partial charge in [-0.2, -0.15) is 0 Å². The lowest BCUT2D eigenvalue weighted by atomic mass is 9.87. The highest BCUT2D eigenvalue weighted by atomic mass is 16.5. The van der Waals surface area contributed by atoms with E-state index >= 15 is 0 Å². The van der Waals surface area contributed by atoms with E-state index in [1.807, 2.05) is 18.2 Å². The third-order valence-corrected chi connectivity index (χ3v) is 5.32. The maximum absolute atomic E-state index is 10.7. The van der Waals surface area contributed by atoms with E-state index in [-0.39, 0.29) is 0 Å². The lowest BCUT2D eigenvalue weighted by molar-refractivity contribution is 0.309. The van der Waals surface area contributed by atoms with E-state index in [4.69, 9.17) is 4.74 Å². The first-order valence-corrected chi connectivity index (χ1v) is 8.35. The van der Waals surface area contributed by atoms with Gasteiger partial charge < -0.3 is 14.9 Å². The fourth-order valence-corrected chi connectivity index (χ4v) is 4.23. The summed E-state index contributed by atoms with van der Waals surface area (Å²) in [4.78, 5) is 0. The van der Waals surface area contributed by atoms with Gasteiger partial charge in [-0.25, -0.2) is 0 Å². The zero-order valence-corrected chi connectivity index (χ0v) is 12.9. The lowest BCUT2D eigenvalue weighted by Crippen LogP contribution is -2.00. The number of hydrogen-bond acceptors (Lipinski definition) is 3. The van der Waals surface area contributed by atoms with Gasteiger partial charge in [0.2, 0.25) is 0 Å². The number of fused-ring (bicyclic) bond motifs is 6. The van der Waals surface area contributed by atoms with Gasteiger partial charge in [-0.05, 0) is 55.7 Å². The van der Waals surface area contributed by atoms with Gasteiger partial charge in [0, 0.05) is 21.9 Å². The average molecular weight is 298 g/mol. The molecular weight excluding hydrogens is 276 g/mol. The number of unbranched alkanes of at least 4 members (excludes halogenated alkanes) is 1. The fourth-order valence-electron chi connectivity index (χ4n) is 4.23. The fraction of sp³-hybridized carbons (Fsp3) is 0.474. The summed E-state index contributed by atoms with van der Waals surface area (Å²) in [6, 6.07) is 5.63. The molecule has 3 nitrogen and oxygen atoms in total. The van der Waals surface area contributed by atoms with Crippen molar-refractivity contribution in [2.45, 2.75) is 50.9 Å². The SMILES string of the molecule is CCCCOc1ccc2c(O)c3c(c(O)c2c1)C1CCC3C1. The lowest BCUT2D eigenvalue weighted by Gasteiger charge is -2.20. The van der Waals surface area contributed by atoms with Crippen LogP contribution in [0.4, 0.5) is 0 Å². The molecule has 0 saturated heterocycles. The number of rotatable bonds is 4. The van der Waals surface area contributed by atoms with Gasteiger partial charge in [0.05, 0.1) is 6.61 Å². The molecule has 0 radical (unpaired) electrons. The van der Waals surface area contributed by atoms with Gasteiger partial charge in [0.15, 0.2) is 0 Å². The van der Waals surface area contributed by atoms with Crippen LogP contribution in [0.3, 0.4) is 0 Å². The normalized spacial score (nSPS) is 22.2. The van der Waals surface area contributed by atoms with Crippen molar-refractivity contribution in [3.05, 3.63) is 29.3 Å². The molecule has 2 aliphatic rings. The Morgan fingerprint density at radius 1 is 1.05 bits per heavy atom. The molecule has 2 aromatic carbocycles. The standard InChI is InChI=1S/C19H22O3/c1-2-3-8-22-13-6-7-14-15(10-13)19(21)17-12-5-4-11(9-12)16(17)18(14)20/h6-7,10-12,20-21H,2-5,8-9H2,1H3. The van der Waals surface area contributed by atoms with Crippen LogP contribution >= 0.6 is 0 Å². The van der Waals surface area contributed by atoms with Gasteiger partial charge in [-0.15, -0.1) is 0 Å². The zero-order valence-electron chi connectivity index (χ0n) is 12.9. The maximum atomic E-state index is 10.7. The number of ether oxygens (including phenoxy) is 1. The molecule has 2 unspecified atom stereocenters. The first kappa shape index (κ1) is 13.7. The second-order valence-corrected chi connectivity index (χ2v) is 6.64. The molecule has 0 spiro atoms. The Bertz CT molecular complexity index is 735. The van der Waals surface area contributed by atoms with E-state index in [0.29, 0.717) is 29.9 Å². The molecule has 0 aromatic heterocycles. The minimum Gasteiger partial charge on any atom is -0.507 e. The van der Waals surface area contributed by atoms with Crippen molar-refractivity contribution in [3.8, 4) is 17.2 Å². The molecule has 0 heterocycles. The number of aromatic hydroxyl groups is 2. The molecule has 1 fully saturated rings. The molecule has 2 aromatic rings. The van der Waals surface area contributed by atoms with Gasteiger partial charge in [-0.3, -0.25) is 0 Å². The smallest absolute Gasteiger partial charge is 0.127 e. The monoisotopic (exact) mass is 298 g/mol. The van der Waals surface area contributed by atoms with Crippen molar-refractivity contribution < 1.29 is 14.9 Å². The first-order valence-electron chi connectivity index (χ1n) is 8.35. The quantitative estimate of drug-likeness (QED) is 0.630. The van der Waals surface area contributed by atoms with Crippen molar-refractivity contribution in [2.75, 3.05) is 6.61 Å². The summed E-state index contributed by atoms with van der Waals surface area (Å²) in [5.74, 6) is 2.33. The molecule has 2 aliphatic carbocycles. The number of benzene rings is 2. The molecule has 1 saturated carbocycles. The van der Waals surface area contributed by atoms with E-state index < -0.39 is 0 Å². The summed E-state index contributed by atoms with van der Waals surface area (Å²) < 4.78 is 5.74. The van der Waals surface area contributed by atoms with Gasteiger partial charge in [0.25, 0.3) is 0 Å². The first-order chi connectivity index (χ1) is 10.7. The highest BCUT2D eigenvalue weighted by molar-refractivity contribution is 5.97. The van der Waals surface area contributed by atoms with Crippen LogP contribution in [-0.2, 0) is 0 Å². The average Bonchev–Trinajstić information content (AvgIpc) is 3.14. The summed E-state index contributed by atoms with van der Waals surface area (Å²) in [5, 5.41) is 22.9. The summed E-state index contributed by atoms with van der Waals surface area (Å²) in [5.41, 5.74) is 1.99. The Kier molecular flexibility index (Phi) is 3.17. The Labute approximate surface area is 130 Å². The Hall–Kier alpha value is -1.90. The highest BCUT2D eigenvalue weighted by Gasteiger charge is 2.41. The summed E-state index contributed by atoms with van der Waals surface area (Å²) in [6.45, 7) is 2.82. The van der Waals surface area contributed by atoms with Crippen LogP contribution in [0, 0.1) is 0 Å². The molecule has 0 aliphatic heterocycles. The molecule has 2 N–H and O–H groups in total. The van der Waals surface area contributed by atoms with Crippen LogP contribution in [0.2, 0.25) is 0 Å². The predicted octanol–water partition coefficient (Wildman–Crippen LogP) is 4.79. The molecule has 4 rings (SSSR count). The van der Waals surface area contributed by atoms with Gasteiger partial charge in [-0.1, -0.05) is 13.3 Å². The van der Waals surface area contributed by atoms with E-state index in [0.717, 1.165) is 59.8 Å². The zero-order chi connectivity index (χ0) is 15.3. The minimum atomic E-state index is 0.357. The molecular formula is C19H22O3. The summed E-state index contributed by atoms with van der Waals surface area (Å²) >= 11 is 0. The maximum Gasteiger partial charge on any atom is 0.127 e. The van der Waals surface area contributed by atoms with Crippen LogP contribution in [0.15, 0.2) is 18.2 Å². The van der Waals surface area contributed by atoms with Crippen LogP contribution in [-0.4, -0.2) is 16.8 Å². The summed E-state index contributed by atoms with van der Waals surface area (Å²) in [6.07, 6.45) is 5.45. The topological polar surface area (TPSA) is 49.7 Å². The molecule has 2 atom stereocenters. The summed E-state index contributed by atoms with van der Waals surface area (Å²) in [7, 11) is 0. The van der Waals surface area contributed by atoms with Crippen LogP contribution in [0.25, 0.3) is 10.8 Å². The van der Waals surface area contributed by atoms with Crippen molar-refractivity contribution >= 4 is 10.8 Å². The van der Waals surface area contributed by atoms with Crippen LogP contribution in [0.5, 0.6) is 17.2 Å². The second kappa shape index (κ2) is 5.08. The molecule has 22 heavy (non-hydrogen) atoms. The van der Waals surface area contributed by atoms with Crippen molar-refractivity contribution in [3.63, 3.8) is 0 Å². The Balaban J connectivity index is 1.82. The number of phenols is 2. The van der Waals surface area contributed by atoms with Crippen molar-refractivity contribution in [2.24, 2.45) is 0 Å². The van der Waals surface area contributed by atoms with Crippen molar-refractivity contribution in [1.82, 2.24) is 0 Å². The number of hydrogen-bond donors (Lipinski definition) is 2. The third kappa shape index (κ3) is 1.88. The minimum absolute atomic E-state index is 0.357. The third-order valence-electron chi connectivity index (χ3n) is 5.32. The molecule has 2 bridgehead atoms. The highest BCUT2D eigenvalue weighted by Crippen LogP contribution is 2.60. The molecule has 3 heteroatoms. The molecule has 116 valence electrons. The second-order valence-electron chi connectivity index (χ2n) is 6.64. The van der Waals surface area contributed by atoms with E-state index in [1.54, 1.807) is 0 Å². The van der Waals surface area contributed by atoms with Crippen molar-refractivity contribution in [1.29, 1.82) is 0 Å². The Morgan fingerprint density at radius 2 is 1.73 bits per heavy atom. The van der Waals surface area contributed by atoms with Crippen LogP contribution < -0.4 is 4.74 Å². The predicted molar refractivity (Wildman–Crippen MR) is 87.0 cm³/mol. The van der Waals surface area contributed by atoms with Gasteiger partial charge in [0.1, 0.15) is 17.2 Å². The van der Waals surface area contributed by atoms with E-state index in [9.17, 15) is 10.2 Å².